The zero-order valence-corrected chi connectivity index (χ0v) is 17.2. The number of methoxy groups -OCH3 is 1. The van der Waals surface area contributed by atoms with Crippen LogP contribution in [-0.4, -0.2) is 44.2 Å². The van der Waals surface area contributed by atoms with Gasteiger partial charge in [0.25, 0.3) is 0 Å². The summed E-state index contributed by atoms with van der Waals surface area (Å²) >= 11 is 0. The lowest BCUT2D eigenvalue weighted by molar-refractivity contribution is -0.111. The second kappa shape index (κ2) is 11.1. The normalized spacial score (nSPS) is 11.0. The van der Waals surface area contributed by atoms with Gasteiger partial charge in [-0.05, 0) is 50.4 Å². The van der Waals surface area contributed by atoms with Crippen LogP contribution >= 0.6 is 0 Å². The molecule has 0 aliphatic carbocycles. The fourth-order valence-corrected chi connectivity index (χ4v) is 2.84. The van der Waals surface area contributed by atoms with Crippen LogP contribution in [0.3, 0.4) is 0 Å². The van der Waals surface area contributed by atoms with Crippen LogP contribution in [0.4, 0.5) is 5.69 Å². The van der Waals surface area contributed by atoms with Crippen LogP contribution in [0.5, 0.6) is 11.5 Å². The van der Waals surface area contributed by atoms with E-state index in [2.05, 4.69) is 24.1 Å². The van der Waals surface area contributed by atoms with Crippen molar-refractivity contribution in [1.29, 1.82) is 0 Å². The van der Waals surface area contributed by atoms with Crippen LogP contribution in [0.2, 0.25) is 0 Å². The van der Waals surface area contributed by atoms with E-state index in [-0.39, 0.29) is 5.91 Å². The number of carbonyl (C=O) groups is 1. The number of para-hydroxylation sites is 2. The van der Waals surface area contributed by atoms with Crippen molar-refractivity contribution < 1.29 is 14.3 Å². The number of ether oxygens (including phenoxy) is 2. The van der Waals surface area contributed by atoms with Crippen LogP contribution in [0, 0.1) is 6.92 Å². The van der Waals surface area contributed by atoms with E-state index in [0.29, 0.717) is 18.0 Å². The van der Waals surface area contributed by atoms with Gasteiger partial charge in [0.1, 0.15) is 18.1 Å². The van der Waals surface area contributed by atoms with Crippen LogP contribution < -0.4 is 14.8 Å². The Hall–Kier alpha value is -2.79. The van der Waals surface area contributed by atoms with E-state index < -0.39 is 0 Å². The second-order valence-electron chi connectivity index (χ2n) is 6.44. The molecule has 0 bridgehead atoms. The molecule has 0 heterocycles. The monoisotopic (exact) mass is 382 g/mol. The van der Waals surface area contributed by atoms with Crippen molar-refractivity contribution in [2.24, 2.45) is 0 Å². The molecule has 0 saturated heterocycles. The van der Waals surface area contributed by atoms with E-state index in [1.165, 1.54) is 6.08 Å². The first-order valence-corrected chi connectivity index (χ1v) is 9.65. The number of hydrogen-bond acceptors (Lipinski definition) is 4. The van der Waals surface area contributed by atoms with Gasteiger partial charge in [-0.2, -0.15) is 0 Å². The van der Waals surface area contributed by atoms with E-state index in [4.69, 9.17) is 9.47 Å². The average molecular weight is 383 g/mol. The van der Waals surface area contributed by atoms with Crippen molar-refractivity contribution in [3.63, 3.8) is 0 Å². The van der Waals surface area contributed by atoms with E-state index in [9.17, 15) is 4.79 Å². The molecular formula is C23H30N2O3. The Morgan fingerprint density at radius 1 is 1.11 bits per heavy atom. The number of carbonyl (C=O) groups excluding carboxylic acids is 1. The lowest BCUT2D eigenvalue weighted by atomic mass is 10.1. The third kappa shape index (κ3) is 6.43. The molecule has 0 fully saturated rings. The lowest BCUT2D eigenvalue weighted by Gasteiger charge is -2.19. The summed E-state index contributed by atoms with van der Waals surface area (Å²) in [7, 11) is 1.62. The molecule has 0 radical (unpaired) electrons. The minimum absolute atomic E-state index is 0.219. The van der Waals surface area contributed by atoms with Gasteiger partial charge in [-0.1, -0.05) is 37.6 Å². The Kier molecular flexibility index (Phi) is 8.56. The molecule has 0 saturated carbocycles. The number of aryl methyl sites for hydroxylation is 1. The molecule has 1 amide bonds. The largest absolute Gasteiger partial charge is 0.496 e. The first kappa shape index (κ1) is 21.5. The van der Waals surface area contributed by atoms with Gasteiger partial charge in [0.2, 0.25) is 5.91 Å². The standard InChI is InChI=1S/C23H30N2O3/c1-5-25(6-2)15-16-28-22-10-8-7-9-20(22)24-23(26)14-12-19-17-18(3)11-13-21(19)27-4/h7-14,17H,5-6,15-16H2,1-4H3,(H,24,26)/b14-12+. The number of amides is 1. The molecule has 0 aromatic heterocycles. The number of hydrogen-bond donors (Lipinski definition) is 1. The lowest BCUT2D eigenvalue weighted by Crippen LogP contribution is -2.28. The molecular weight excluding hydrogens is 352 g/mol. The number of nitrogens with one attached hydrogen (secondary N) is 1. The highest BCUT2D eigenvalue weighted by molar-refractivity contribution is 6.02. The molecule has 0 atom stereocenters. The zero-order valence-electron chi connectivity index (χ0n) is 17.2. The molecule has 150 valence electrons. The molecule has 5 heteroatoms. The van der Waals surface area contributed by atoms with Crippen LogP contribution in [-0.2, 0) is 4.79 Å². The number of nitrogens with zero attached hydrogens (tertiary/aromatic N) is 1. The van der Waals surface area contributed by atoms with Gasteiger partial charge in [-0.3, -0.25) is 4.79 Å². The van der Waals surface area contributed by atoms with Gasteiger partial charge in [-0.15, -0.1) is 0 Å². The molecule has 0 unspecified atom stereocenters. The van der Waals surface area contributed by atoms with E-state index in [0.717, 1.165) is 36.5 Å². The van der Waals surface area contributed by atoms with Crippen molar-refractivity contribution in [2.75, 3.05) is 38.7 Å². The second-order valence-corrected chi connectivity index (χ2v) is 6.44. The van der Waals surface area contributed by atoms with E-state index in [1.54, 1.807) is 13.2 Å². The van der Waals surface area contributed by atoms with Crippen molar-refractivity contribution in [3.8, 4) is 11.5 Å². The highest BCUT2D eigenvalue weighted by Crippen LogP contribution is 2.24. The third-order valence-corrected chi connectivity index (χ3v) is 4.50. The Bertz CT molecular complexity index is 798. The smallest absolute Gasteiger partial charge is 0.248 e. The van der Waals surface area contributed by atoms with Crippen LogP contribution in [0.25, 0.3) is 6.08 Å². The quantitative estimate of drug-likeness (QED) is 0.620. The summed E-state index contributed by atoms with van der Waals surface area (Å²) in [4.78, 5) is 14.7. The SMILES string of the molecule is CCN(CC)CCOc1ccccc1NC(=O)/C=C/c1cc(C)ccc1OC. The van der Waals surface area contributed by atoms with Gasteiger partial charge >= 0.3 is 0 Å². The van der Waals surface area contributed by atoms with Gasteiger partial charge in [0.05, 0.1) is 12.8 Å². The number of rotatable bonds is 10. The van der Waals surface area contributed by atoms with Crippen LogP contribution in [0.15, 0.2) is 48.5 Å². The molecule has 0 aliphatic rings. The minimum Gasteiger partial charge on any atom is -0.496 e. The molecule has 0 spiro atoms. The fraction of sp³-hybridized carbons (Fsp3) is 0.348. The number of likely N-dealkylation sites (N-methyl/N-ethyl adjacent to an activating group) is 1. The molecule has 2 rings (SSSR count). The zero-order chi connectivity index (χ0) is 20.4. The minimum atomic E-state index is -0.219. The maximum absolute atomic E-state index is 12.4. The highest BCUT2D eigenvalue weighted by Gasteiger charge is 2.07. The van der Waals surface area contributed by atoms with Gasteiger partial charge in [0, 0.05) is 18.2 Å². The molecule has 28 heavy (non-hydrogen) atoms. The molecule has 2 aromatic rings. The van der Waals surface area contributed by atoms with Crippen molar-refractivity contribution in [1.82, 2.24) is 4.90 Å². The topological polar surface area (TPSA) is 50.8 Å². The van der Waals surface area contributed by atoms with E-state index in [1.807, 2.05) is 49.4 Å². The predicted octanol–water partition coefficient (Wildman–Crippen LogP) is 4.38. The van der Waals surface area contributed by atoms with Gasteiger partial charge in [0.15, 0.2) is 0 Å². The number of benzene rings is 2. The van der Waals surface area contributed by atoms with Crippen molar-refractivity contribution in [3.05, 3.63) is 59.7 Å². The maximum Gasteiger partial charge on any atom is 0.248 e. The maximum atomic E-state index is 12.4. The van der Waals surface area contributed by atoms with E-state index >= 15 is 0 Å². The summed E-state index contributed by atoms with van der Waals surface area (Å²) in [6.45, 7) is 9.67. The molecule has 1 N–H and O–H groups in total. The summed E-state index contributed by atoms with van der Waals surface area (Å²) in [5.41, 5.74) is 2.63. The summed E-state index contributed by atoms with van der Waals surface area (Å²) in [5.74, 6) is 1.18. The summed E-state index contributed by atoms with van der Waals surface area (Å²) in [6, 6.07) is 13.3. The first-order valence-electron chi connectivity index (χ1n) is 9.65. The van der Waals surface area contributed by atoms with Crippen LogP contribution in [0.1, 0.15) is 25.0 Å². The molecule has 2 aromatic carbocycles. The Morgan fingerprint density at radius 2 is 1.86 bits per heavy atom. The Balaban J connectivity index is 2.01. The Labute approximate surface area is 168 Å². The number of anilines is 1. The predicted molar refractivity (Wildman–Crippen MR) is 115 cm³/mol. The third-order valence-electron chi connectivity index (χ3n) is 4.50. The summed E-state index contributed by atoms with van der Waals surface area (Å²) in [5, 5.41) is 2.89. The first-order chi connectivity index (χ1) is 13.6. The Morgan fingerprint density at radius 3 is 2.57 bits per heavy atom. The van der Waals surface area contributed by atoms with Gasteiger partial charge in [-0.25, -0.2) is 0 Å². The molecule has 5 nitrogen and oxygen atoms in total. The summed E-state index contributed by atoms with van der Waals surface area (Å²) in [6.07, 6.45) is 3.26. The van der Waals surface area contributed by atoms with Crippen molar-refractivity contribution in [2.45, 2.75) is 20.8 Å². The highest BCUT2D eigenvalue weighted by atomic mass is 16.5. The fourth-order valence-electron chi connectivity index (χ4n) is 2.84. The van der Waals surface area contributed by atoms with Crippen molar-refractivity contribution >= 4 is 17.7 Å². The summed E-state index contributed by atoms with van der Waals surface area (Å²) < 4.78 is 11.2. The van der Waals surface area contributed by atoms with Gasteiger partial charge < -0.3 is 19.7 Å². The average Bonchev–Trinajstić information content (AvgIpc) is 2.71. The molecule has 0 aliphatic heterocycles.